The van der Waals surface area contributed by atoms with Gasteiger partial charge in [-0.05, 0) is 73.2 Å². The number of carbonyl (C=O) groups is 1. The van der Waals surface area contributed by atoms with Gasteiger partial charge in [-0.15, -0.1) is 0 Å². The SMILES string of the molecule is COc1ccc([C@H](C)NC(=O)COc2ccc(S(=O)(=O)Nc3ccc(Br)cc3)cc2)cc1OC. The summed E-state index contributed by atoms with van der Waals surface area (Å²) in [6, 6.07) is 17.8. The number of hydrogen-bond acceptors (Lipinski definition) is 6. The molecule has 34 heavy (non-hydrogen) atoms. The molecule has 0 aliphatic heterocycles. The Morgan fingerprint density at radius 1 is 0.941 bits per heavy atom. The van der Waals surface area contributed by atoms with Crippen molar-refractivity contribution in [2.45, 2.75) is 17.9 Å². The van der Waals surface area contributed by atoms with E-state index in [0.29, 0.717) is 22.9 Å². The Hall–Kier alpha value is -3.24. The fraction of sp³-hybridized carbons (Fsp3) is 0.208. The summed E-state index contributed by atoms with van der Waals surface area (Å²) < 4.78 is 44.5. The van der Waals surface area contributed by atoms with E-state index >= 15 is 0 Å². The standard InChI is InChI=1S/C24H25BrN2O6S/c1-16(17-4-13-22(31-2)23(14-17)32-3)26-24(28)15-33-20-9-11-21(12-10-20)34(29,30)27-19-7-5-18(25)6-8-19/h4-14,16,27H,15H2,1-3H3,(H,26,28)/t16-/m0/s1. The highest BCUT2D eigenvalue weighted by molar-refractivity contribution is 9.10. The lowest BCUT2D eigenvalue weighted by molar-refractivity contribution is -0.123. The Labute approximate surface area is 207 Å². The first-order valence-corrected chi connectivity index (χ1v) is 12.5. The number of amides is 1. The number of halogens is 1. The molecular formula is C24H25BrN2O6S. The van der Waals surface area contributed by atoms with E-state index in [4.69, 9.17) is 14.2 Å². The zero-order valence-electron chi connectivity index (χ0n) is 18.9. The molecule has 3 aromatic carbocycles. The lowest BCUT2D eigenvalue weighted by atomic mass is 10.1. The van der Waals surface area contributed by atoms with Crippen LogP contribution >= 0.6 is 15.9 Å². The van der Waals surface area contributed by atoms with E-state index in [-0.39, 0.29) is 23.5 Å². The van der Waals surface area contributed by atoms with Crippen LogP contribution in [-0.4, -0.2) is 35.2 Å². The molecule has 0 heterocycles. The van der Waals surface area contributed by atoms with Gasteiger partial charge in [-0.3, -0.25) is 9.52 Å². The van der Waals surface area contributed by atoms with Gasteiger partial charge < -0.3 is 19.5 Å². The van der Waals surface area contributed by atoms with Crippen molar-refractivity contribution in [2.24, 2.45) is 0 Å². The number of ether oxygens (including phenoxy) is 3. The van der Waals surface area contributed by atoms with Crippen molar-refractivity contribution in [1.29, 1.82) is 0 Å². The van der Waals surface area contributed by atoms with Crippen LogP contribution in [0.15, 0.2) is 76.1 Å². The number of benzene rings is 3. The fourth-order valence-corrected chi connectivity index (χ4v) is 4.41. The first-order valence-electron chi connectivity index (χ1n) is 10.2. The van der Waals surface area contributed by atoms with Gasteiger partial charge in [0.15, 0.2) is 18.1 Å². The number of methoxy groups -OCH3 is 2. The number of nitrogens with one attached hydrogen (secondary N) is 2. The van der Waals surface area contributed by atoms with Crippen LogP contribution < -0.4 is 24.2 Å². The Morgan fingerprint density at radius 2 is 1.59 bits per heavy atom. The minimum atomic E-state index is -3.75. The predicted molar refractivity (Wildman–Crippen MR) is 133 cm³/mol. The van der Waals surface area contributed by atoms with Crippen LogP contribution in [0, 0.1) is 0 Å². The molecule has 0 saturated carbocycles. The summed E-state index contributed by atoms with van der Waals surface area (Å²) in [5, 5.41) is 2.85. The zero-order chi connectivity index (χ0) is 24.7. The van der Waals surface area contributed by atoms with E-state index in [1.54, 1.807) is 50.6 Å². The topological polar surface area (TPSA) is 103 Å². The molecule has 3 aromatic rings. The molecule has 0 bridgehead atoms. The zero-order valence-corrected chi connectivity index (χ0v) is 21.3. The fourth-order valence-electron chi connectivity index (χ4n) is 3.08. The van der Waals surface area contributed by atoms with Crippen molar-refractivity contribution in [3.8, 4) is 17.2 Å². The monoisotopic (exact) mass is 548 g/mol. The molecular weight excluding hydrogens is 524 g/mol. The number of hydrogen-bond donors (Lipinski definition) is 2. The molecule has 1 amide bonds. The molecule has 180 valence electrons. The van der Waals surface area contributed by atoms with E-state index < -0.39 is 10.0 Å². The molecule has 0 aliphatic rings. The van der Waals surface area contributed by atoms with Gasteiger partial charge in [0.25, 0.3) is 15.9 Å². The van der Waals surface area contributed by atoms with Crippen molar-refractivity contribution >= 4 is 37.5 Å². The summed E-state index contributed by atoms with van der Waals surface area (Å²) in [6.07, 6.45) is 0. The third-order valence-corrected chi connectivity index (χ3v) is 6.81. The highest BCUT2D eigenvalue weighted by Crippen LogP contribution is 2.30. The second-order valence-electron chi connectivity index (χ2n) is 7.28. The molecule has 3 rings (SSSR count). The lowest BCUT2D eigenvalue weighted by Gasteiger charge is -2.17. The maximum atomic E-state index is 12.6. The molecule has 0 aromatic heterocycles. The maximum absolute atomic E-state index is 12.6. The van der Waals surface area contributed by atoms with E-state index in [9.17, 15) is 13.2 Å². The van der Waals surface area contributed by atoms with Crippen LogP contribution in [0.2, 0.25) is 0 Å². The lowest BCUT2D eigenvalue weighted by Crippen LogP contribution is -2.31. The van der Waals surface area contributed by atoms with E-state index in [1.807, 2.05) is 13.0 Å². The highest BCUT2D eigenvalue weighted by atomic mass is 79.9. The van der Waals surface area contributed by atoms with E-state index in [1.165, 1.54) is 24.3 Å². The second kappa shape index (κ2) is 11.3. The Bertz CT molecular complexity index is 1230. The summed E-state index contributed by atoms with van der Waals surface area (Å²) in [5.74, 6) is 1.22. The number of carbonyl (C=O) groups excluding carboxylic acids is 1. The van der Waals surface area contributed by atoms with Gasteiger partial charge in [-0.1, -0.05) is 22.0 Å². The van der Waals surface area contributed by atoms with Crippen molar-refractivity contribution in [2.75, 3.05) is 25.5 Å². The van der Waals surface area contributed by atoms with Crippen molar-refractivity contribution in [3.05, 3.63) is 76.8 Å². The quantitative estimate of drug-likeness (QED) is 0.386. The van der Waals surface area contributed by atoms with Crippen LogP contribution in [0.3, 0.4) is 0 Å². The average Bonchev–Trinajstić information content (AvgIpc) is 2.83. The average molecular weight is 549 g/mol. The van der Waals surface area contributed by atoms with Gasteiger partial charge in [-0.25, -0.2) is 8.42 Å². The normalized spacial score (nSPS) is 11.9. The Kier molecular flexibility index (Phi) is 8.41. The largest absolute Gasteiger partial charge is 0.493 e. The number of anilines is 1. The maximum Gasteiger partial charge on any atom is 0.261 e. The van der Waals surface area contributed by atoms with Crippen molar-refractivity contribution in [1.82, 2.24) is 5.32 Å². The van der Waals surface area contributed by atoms with Crippen molar-refractivity contribution in [3.63, 3.8) is 0 Å². The van der Waals surface area contributed by atoms with Crippen LogP contribution in [0.25, 0.3) is 0 Å². The summed E-state index contributed by atoms with van der Waals surface area (Å²) >= 11 is 3.31. The van der Waals surface area contributed by atoms with Crippen molar-refractivity contribution < 1.29 is 27.4 Å². The molecule has 0 saturated heterocycles. The van der Waals surface area contributed by atoms with Gasteiger partial charge in [-0.2, -0.15) is 0 Å². The molecule has 10 heteroatoms. The minimum Gasteiger partial charge on any atom is -0.493 e. The smallest absolute Gasteiger partial charge is 0.261 e. The summed E-state index contributed by atoms with van der Waals surface area (Å²) in [5.41, 5.74) is 1.29. The van der Waals surface area contributed by atoms with Gasteiger partial charge >= 0.3 is 0 Å². The van der Waals surface area contributed by atoms with Gasteiger partial charge in [0, 0.05) is 10.2 Å². The molecule has 0 unspecified atom stereocenters. The third kappa shape index (κ3) is 6.64. The van der Waals surface area contributed by atoms with Crippen LogP contribution in [0.1, 0.15) is 18.5 Å². The Balaban J connectivity index is 1.55. The first kappa shape index (κ1) is 25.4. The van der Waals surface area contributed by atoms with Crippen LogP contribution in [0.4, 0.5) is 5.69 Å². The van der Waals surface area contributed by atoms with Crippen LogP contribution in [0.5, 0.6) is 17.2 Å². The number of sulfonamides is 1. The highest BCUT2D eigenvalue weighted by Gasteiger charge is 2.16. The predicted octanol–water partition coefficient (Wildman–Crippen LogP) is 4.52. The van der Waals surface area contributed by atoms with Gasteiger partial charge in [0.1, 0.15) is 5.75 Å². The van der Waals surface area contributed by atoms with E-state index in [0.717, 1.165) is 10.0 Å². The minimum absolute atomic E-state index is 0.0781. The molecule has 0 spiro atoms. The van der Waals surface area contributed by atoms with Crippen LogP contribution in [-0.2, 0) is 14.8 Å². The molecule has 0 fully saturated rings. The number of rotatable bonds is 10. The molecule has 2 N–H and O–H groups in total. The molecule has 0 aliphatic carbocycles. The van der Waals surface area contributed by atoms with E-state index in [2.05, 4.69) is 26.0 Å². The summed E-state index contributed by atoms with van der Waals surface area (Å²) in [6.45, 7) is 1.62. The van der Waals surface area contributed by atoms with Gasteiger partial charge in [0.05, 0.1) is 25.2 Å². The summed E-state index contributed by atoms with van der Waals surface area (Å²) in [7, 11) is -0.647. The molecule has 0 radical (unpaired) electrons. The summed E-state index contributed by atoms with van der Waals surface area (Å²) in [4.78, 5) is 12.4. The third-order valence-electron chi connectivity index (χ3n) is 4.89. The molecule has 8 nitrogen and oxygen atoms in total. The Morgan fingerprint density at radius 3 is 2.21 bits per heavy atom. The second-order valence-corrected chi connectivity index (χ2v) is 9.87. The molecule has 1 atom stereocenters. The first-order chi connectivity index (χ1) is 16.2. The van der Waals surface area contributed by atoms with Gasteiger partial charge in [0.2, 0.25) is 0 Å².